The van der Waals surface area contributed by atoms with Crippen LogP contribution in [0.25, 0.3) is 5.70 Å². The first-order chi connectivity index (χ1) is 15.2. The van der Waals surface area contributed by atoms with Gasteiger partial charge in [0.25, 0.3) is 0 Å². The number of hydrogen-bond acceptors (Lipinski definition) is 4. The van der Waals surface area contributed by atoms with E-state index in [-0.39, 0.29) is 18.0 Å². The lowest BCUT2D eigenvalue weighted by Crippen LogP contribution is -2.32. The van der Waals surface area contributed by atoms with Crippen LogP contribution < -0.4 is 10.1 Å². The van der Waals surface area contributed by atoms with E-state index in [1.807, 2.05) is 47.1 Å². The standard InChI is InChI=1S/C24H16BrFN4O/c25-16-8-6-14(7-9-16)22-20-21(29-24-27-13-28-30(22)24)18-12-17(26)10-11-19(18)31-23(20)15-4-2-1-3-5-15/h1-13,22-23H,(H,27,28,29)/t22-,23-/m1/s1. The van der Waals surface area contributed by atoms with Gasteiger partial charge in [0.2, 0.25) is 5.95 Å². The molecule has 2 atom stereocenters. The number of hydrogen-bond donors (Lipinski definition) is 1. The molecule has 0 amide bonds. The Kier molecular flexibility index (Phi) is 4.17. The Bertz CT molecular complexity index is 1320. The summed E-state index contributed by atoms with van der Waals surface area (Å²) < 4.78 is 23.5. The van der Waals surface area contributed by atoms with Crippen molar-refractivity contribution in [1.82, 2.24) is 14.8 Å². The van der Waals surface area contributed by atoms with Crippen LogP contribution in [-0.4, -0.2) is 14.8 Å². The molecule has 152 valence electrons. The summed E-state index contributed by atoms with van der Waals surface area (Å²) in [5, 5.41) is 7.88. The molecule has 0 saturated carbocycles. The Labute approximate surface area is 186 Å². The number of anilines is 1. The van der Waals surface area contributed by atoms with Gasteiger partial charge in [-0.3, -0.25) is 0 Å². The minimum atomic E-state index is -0.368. The summed E-state index contributed by atoms with van der Waals surface area (Å²) in [5.41, 5.74) is 4.50. The highest BCUT2D eigenvalue weighted by Crippen LogP contribution is 2.50. The summed E-state index contributed by atoms with van der Waals surface area (Å²) in [5.74, 6) is 0.918. The summed E-state index contributed by atoms with van der Waals surface area (Å²) in [6.45, 7) is 0. The maximum absolute atomic E-state index is 14.2. The third-order valence-corrected chi connectivity index (χ3v) is 6.19. The van der Waals surface area contributed by atoms with Crippen LogP contribution in [0, 0.1) is 5.82 Å². The Morgan fingerprint density at radius 3 is 2.58 bits per heavy atom. The highest BCUT2D eigenvalue weighted by atomic mass is 79.9. The van der Waals surface area contributed by atoms with Gasteiger partial charge in [-0.15, -0.1) is 0 Å². The summed E-state index contributed by atoms with van der Waals surface area (Å²) in [4.78, 5) is 4.40. The second kappa shape index (κ2) is 7.06. The van der Waals surface area contributed by atoms with Gasteiger partial charge in [-0.05, 0) is 41.5 Å². The molecular formula is C24H16BrFN4O. The average Bonchev–Trinajstić information content (AvgIpc) is 3.27. The minimum Gasteiger partial charge on any atom is -0.480 e. The third-order valence-electron chi connectivity index (χ3n) is 5.66. The zero-order valence-electron chi connectivity index (χ0n) is 16.2. The average molecular weight is 475 g/mol. The van der Waals surface area contributed by atoms with E-state index in [4.69, 9.17) is 4.74 Å². The predicted octanol–water partition coefficient (Wildman–Crippen LogP) is 5.74. The fourth-order valence-corrected chi connectivity index (χ4v) is 4.57. The monoisotopic (exact) mass is 474 g/mol. The van der Waals surface area contributed by atoms with Crippen molar-refractivity contribution in [3.8, 4) is 5.75 Å². The summed E-state index contributed by atoms with van der Waals surface area (Å²) in [6.07, 6.45) is 1.16. The maximum Gasteiger partial charge on any atom is 0.226 e. The van der Waals surface area contributed by atoms with Crippen LogP contribution in [0.4, 0.5) is 10.3 Å². The molecule has 0 saturated heterocycles. The van der Waals surface area contributed by atoms with E-state index in [0.717, 1.165) is 26.9 Å². The van der Waals surface area contributed by atoms with Crippen LogP contribution in [0.1, 0.15) is 28.8 Å². The van der Waals surface area contributed by atoms with Crippen molar-refractivity contribution in [2.45, 2.75) is 12.1 Å². The third kappa shape index (κ3) is 2.96. The van der Waals surface area contributed by atoms with Crippen molar-refractivity contribution >= 4 is 27.6 Å². The molecule has 6 rings (SSSR count). The van der Waals surface area contributed by atoms with E-state index in [1.54, 1.807) is 6.07 Å². The highest BCUT2D eigenvalue weighted by Gasteiger charge is 2.41. The van der Waals surface area contributed by atoms with Crippen LogP contribution in [0.3, 0.4) is 0 Å². The van der Waals surface area contributed by atoms with Gasteiger partial charge in [-0.2, -0.15) is 10.1 Å². The highest BCUT2D eigenvalue weighted by molar-refractivity contribution is 9.10. The van der Waals surface area contributed by atoms with Crippen molar-refractivity contribution in [3.05, 3.63) is 112 Å². The minimum absolute atomic E-state index is 0.261. The number of nitrogens with zero attached hydrogens (tertiary/aromatic N) is 3. The molecule has 0 bridgehead atoms. The van der Waals surface area contributed by atoms with Crippen molar-refractivity contribution in [3.63, 3.8) is 0 Å². The molecule has 0 aliphatic carbocycles. The SMILES string of the molecule is Fc1ccc2c(c1)C1=C([C@@H](c3ccccc3)O2)[C@@H](c2ccc(Br)cc2)n2ncnc2N1. The molecule has 0 fully saturated rings. The van der Waals surface area contributed by atoms with Gasteiger partial charge >= 0.3 is 0 Å². The second-order valence-electron chi connectivity index (χ2n) is 7.49. The van der Waals surface area contributed by atoms with Crippen LogP contribution in [0.2, 0.25) is 0 Å². The zero-order valence-corrected chi connectivity index (χ0v) is 17.8. The van der Waals surface area contributed by atoms with Crippen molar-refractivity contribution in [2.24, 2.45) is 0 Å². The molecular weight excluding hydrogens is 459 g/mol. The van der Waals surface area contributed by atoms with E-state index >= 15 is 0 Å². The normalized spacial score (nSPS) is 19.0. The van der Waals surface area contributed by atoms with Gasteiger partial charge in [0.05, 0.1) is 5.70 Å². The van der Waals surface area contributed by atoms with Crippen LogP contribution in [-0.2, 0) is 0 Å². The topological polar surface area (TPSA) is 52.0 Å². The van der Waals surface area contributed by atoms with Gasteiger partial charge < -0.3 is 10.1 Å². The van der Waals surface area contributed by atoms with E-state index in [0.29, 0.717) is 17.3 Å². The molecule has 7 heteroatoms. The maximum atomic E-state index is 14.2. The quantitative estimate of drug-likeness (QED) is 0.402. The Balaban J connectivity index is 1.64. The largest absolute Gasteiger partial charge is 0.480 e. The summed E-state index contributed by atoms with van der Waals surface area (Å²) in [7, 11) is 0. The molecule has 2 aliphatic rings. The van der Waals surface area contributed by atoms with Gasteiger partial charge in [-0.25, -0.2) is 9.07 Å². The van der Waals surface area contributed by atoms with Crippen LogP contribution in [0.15, 0.2) is 89.2 Å². The number of halogens is 2. The number of nitrogens with one attached hydrogen (secondary N) is 1. The molecule has 0 radical (unpaired) electrons. The molecule has 0 spiro atoms. The lowest BCUT2D eigenvalue weighted by Gasteiger charge is -2.39. The smallest absolute Gasteiger partial charge is 0.226 e. The molecule has 1 aromatic heterocycles. The molecule has 4 aromatic rings. The first-order valence-electron chi connectivity index (χ1n) is 9.86. The predicted molar refractivity (Wildman–Crippen MR) is 119 cm³/mol. The summed E-state index contributed by atoms with van der Waals surface area (Å²) in [6, 6.07) is 22.5. The fourth-order valence-electron chi connectivity index (χ4n) is 4.31. The van der Waals surface area contributed by atoms with E-state index in [9.17, 15) is 4.39 Å². The number of fused-ring (bicyclic) bond motifs is 3. The van der Waals surface area contributed by atoms with Crippen molar-refractivity contribution < 1.29 is 9.13 Å². The van der Waals surface area contributed by atoms with Gasteiger partial charge in [0, 0.05) is 15.6 Å². The van der Waals surface area contributed by atoms with Gasteiger partial charge in [0.1, 0.15) is 30.0 Å². The Morgan fingerprint density at radius 2 is 1.77 bits per heavy atom. The van der Waals surface area contributed by atoms with E-state index < -0.39 is 0 Å². The van der Waals surface area contributed by atoms with Crippen LogP contribution in [0.5, 0.6) is 5.75 Å². The first kappa shape index (κ1) is 18.3. The summed E-state index contributed by atoms with van der Waals surface area (Å²) >= 11 is 3.52. The molecule has 3 heterocycles. The molecule has 31 heavy (non-hydrogen) atoms. The zero-order chi connectivity index (χ0) is 20.9. The molecule has 1 N–H and O–H groups in total. The Morgan fingerprint density at radius 1 is 0.968 bits per heavy atom. The lowest BCUT2D eigenvalue weighted by molar-refractivity contribution is 0.222. The lowest BCUT2D eigenvalue weighted by atomic mass is 9.84. The van der Waals surface area contributed by atoms with E-state index in [1.165, 1.54) is 18.5 Å². The number of rotatable bonds is 2. The van der Waals surface area contributed by atoms with Crippen LogP contribution >= 0.6 is 15.9 Å². The van der Waals surface area contributed by atoms with Crippen molar-refractivity contribution in [2.75, 3.05) is 5.32 Å². The molecule has 5 nitrogen and oxygen atoms in total. The molecule has 2 aliphatic heterocycles. The van der Waals surface area contributed by atoms with Gasteiger partial charge in [0.15, 0.2) is 0 Å². The molecule has 3 aromatic carbocycles. The van der Waals surface area contributed by atoms with E-state index in [2.05, 4.69) is 43.5 Å². The Hall–Kier alpha value is -3.45. The first-order valence-corrected chi connectivity index (χ1v) is 10.7. The van der Waals surface area contributed by atoms with Gasteiger partial charge in [-0.1, -0.05) is 58.4 Å². The number of benzene rings is 3. The fraction of sp³-hybridized carbons (Fsp3) is 0.0833. The molecule has 0 unspecified atom stereocenters. The van der Waals surface area contributed by atoms with Crippen molar-refractivity contribution in [1.29, 1.82) is 0 Å². The number of aromatic nitrogens is 3. The number of ether oxygens (including phenoxy) is 1. The second-order valence-corrected chi connectivity index (χ2v) is 8.40.